The Morgan fingerprint density at radius 2 is 2.03 bits per heavy atom. The van der Waals surface area contributed by atoms with Gasteiger partial charge in [-0.25, -0.2) is 4.98 Å². The van der Waals surface area contributed by atoms with Crippen molar-refractivity contribution < 1.29 is 9.72 Å². The topological polar surface area (TPSA) is 105 Å². The molecule has 2 aromatic heterocycles. The van der Waals surface area contributed by atoms with E-state index in [0.29, 0.717) is 12.1 Å². The van der Waals surface area contributed by atoms with Gasteiger partial charge < -0.3 is 4.57 Å². The number of benzene rings is 1. The number of aromatic nitrogens is 2. The van der Waals surface area contributed by atoms with Crippen LogP contribution in [0.4, 0.5) is 11.5 Å². The van der Waals surface area contributed by atoms with Crippen LogP contribution in [0.15, 0.2) is 53.1 Å². The summed E-state index contributed by atoms with van der Waals surface area (Å²) in [7, 11) is 0. The number of rotatable bonds is 8. The quantitative estimate of drug-likeness (QED) is 0.214. The lowest BCUT2D eigenvalue weighted by atomic mass is 10.1. The van der Waals surface area contributed by atoms with E-state index in [4.69, 9.17) is 11.6 Å². The minimum absolute atomic E-state index is 0.0662. The van der Waals surface area contributed by atoms with Crippen molar-refractivity contribution in [2.24, 2.45) is 0 Å². The number of hydrogen-bond acceptors (Lipinski definition) is 5. The van der Waals surface area contributed by atoms with E-state index in [0.717, 1.165) is 22.1 Å². The van der Waals surface area contributed by atoms with Gasteiger partial charge in [-0.15, -0.1) is 0 Å². The Labute approximate surface area is 198 Å². The Morgan fingerprint density at radius 3 is 2.66 bits per heavy atom. The summed E-state index contributed by atoms with van der Waals surface area (Å²) in [6.45, 7) is 2.06. The molecule has 0 spiro atoms. The number of carbonyl (C=O) groups is 1. The summed E-state index contributed by atoms with van der Waals surface area (Å²) >= 11 is 9.36. The van der Waals surface area contributed by atoms with Crippen molar-refractivity contribution in [2.45, 2.75) is 32.7 Å². The zero-order valence-corrected chi connectivity index (χ0v) is 19.5. The third-order valence-corrected chi connectivity index (χ3v) is 5.42. The molecular weight excluding hydrogens is 498 g/mol. The van der Waals surface area contributed by atoms with Gasteiger partial charge in [0, 0.05) is 28.8 Å². The van der Waals surface area contributed by atoms with Gasteiger partial charge in [0.15, 0.2) is 0 Å². The van der Waals surface area contributed by atoms with Crippen LogP contribution in [-0.2, 0) is 11.3 Å². The molecule has 1 amide bonds. The molecule has 0 unspecified atom stereocenters. The highest BCUT2D eigenvalue weighted by molar-refractivity contribution is 9.10. The summed E-state index contributed by atoms with van der Waals surface area (Å²) in [6, 6.07) is 13.7. The Balaban J connectivity index is 1.96. The summed E-state index contributed by atoms with van der Waals surface area (Å²) < 4.78 is 2.52. The maximum absolute atomic E-state index is 12.9. The van der Waals surface area contributed by atoms with Crippen molar-refractivity contribution in [1.82, 2.24) is 9.55 Å². The Kier molecular flexibility index (Phi) is 7.62. The van der Waals surface area contributed by atoms with Gasteiger partial charge in [0.05, 0.1) is 11.5 Å². The maximum Gasteiger partial charge on any atom is 0.312 e. The predicted molar refractivity (Wildman–Crippen MR) is 125 cm³/mol. The molecule has 164 valence electrons. The average molecular weight is 517 g/mol. The highest BCUT2D eigenvalue weighted by atomic mass is 79.9. The standard InChI is InChI=1S/C22H19BrClN5O3/c1-2-3-4-21(30)28(22-19(29(31)32)9-10-20(24)26-22)13-15-5-7-17(8-6-15)27-14-16(23)11-18(27)12-25/h5-11,14H,2-4,13H2,1H3. The zero-order valence-electron chi connectivity index (χ0n) is 17.2. The lowest BCUT2D eigenvalue weighted by molar-refractivity contribution is -0.384. The lowest BCUT2D eigenvalue weighted by Gasteiger charge is -2.22. The highest BCUT2D eigenvalue weighted by Crippen LogP contribution is 2.30. The number of unbranched alkanes of at least 4 members (excludes halogenated alkanes) is 1. The molecule has 3 rings (SSSR count). The number of anilines is 1. The van der Waals surface area contributed by atoms with Crippen LogP contribution in [0.3, 0.4) is 0 Å². The number of hydrogen-bond donors (Lipinski definition) is 0. The smallest absolute Gasteiger partial charge is 0.307 e. The van der Waals surface area contributed by atoms with Gasteiger partial charge in [0.25, 0.3) is 0 Å². The highest BCUT2D eigenvalue weighted by Gasteiger charge is 2.26. The van der Waals surface area contributed by atoms with E-state index in [1.807, 2.05) is 19.1 Å². The SMILES string of the molecule is CCCCC(=O)N(Cc1ccc(-n2cc(Br)cc2C#N)cc1)c1nc(Cl)ccc1[N+](=O)[O-]. The molecule has 10 heteroatoms. The molecule has 3 aromatic rings. The van der Waals surface area contributed by atoms with Crippen LogP contribution in [0.5, 0.6) is 0 Å². The van der Waals surface area contributed by atoms with E-state index in [9.17, 15) is 20.2 Å². The molecule has 0 saturated heterocycles. The summed E-state index contributed by atoms with van der Waals surface area (Å²) in [5.41, 5.74) is 1.71. The number of pyridine rings is 1. The minimum atomic E-state index is -0.574. The van der Waals surface area contributed by atoms with Crippen molar-refractivity contribution in [3.05, 3.63) is 79.7 Å². The molecule has 2 heterocycles. The normalized spacial score (nSPS) is 10.6. The summed E-state index contributed by atoms with van der Waals surface area (Å²) in [6.07, 6.45) is 3.49. The molecule has 0 bridgehead atoms. The minimum Gasteiger partial charge on any atom is -0.307 e. The van der Waals surface area contributed by atoms with Gasteiger partial charge in [-0.3, -0.25) is 19.8 Å². The van der Waals surface area contributed by atoms with Gasteiger partial charge in [-0.1, -0.05) is 37.1 Å². The van der Waals surface area contributed by atoms with E-state index >= 15 is 0 Å². The third-order valence-electron chi connectivity index (χ3n) is 4.77. The third kappa shape index (κ3) is 5.33. The summed E-state index contributed by atoms with van der Waals surface area (Å²) in [5.74, 6) is -0.344. The first-order valence-corrected chi connectivity index (χ1v) is 11.0. The first-order valence-electron chi connectivity index (χ1n) is 9.82. The fourth-order valence-corrected chi connectivity index (χ4v) is 3.74. The second kappa shape index (κ2) is 10.4. The van der Waals surface area contributed by atoms with E-state index in [-0.39, 0.29) is 35.5 Å². The fraction of sp³-hybridized carbons (Fsp3) is 0.227. The van der Waals surface area contributed by atoms with Crippen LogP contribution < -0.4 is 4.90 Å². The van der Waals surface area contributed by atoms with E-state index in [1.54, 1.807) is 29.0 Å². The van der Waals surface area contributed by atoms with Gasteiger partial charge in [-0.2, -0.15) is 5.26 Å². The van der Waals surface area contributed by atoms with Crippen molar-refractivity contribution in [3.8, 4) is 11.8 Å². The molecule has 0 aliphatic carbocycles. The molecule has 8 nitrogen and oxygen atoms in total. The van der Waals surface area contributed by atoms with Crippen LogP contribution in [-0.4, -0.2) is 20.4 Å². The Morgan fingerprint density at radius 1 is 1.31 bits per heavy atom. The molecule has 32 heavy (non-hydrogen) atoms. The second-order valence-corrected chi connectivity index (χ2v) is 8.31. The summed E-state index contributed by atoms with van der Waals surface area (Å²) in [4.78, 5) is 29.3. The molecule has 0 N–H and O–H groups in total. The van der Waals surface area contributed by atoms with Crippen molar-refractivity contribution in [2.75, 3.05) is 4.90 Å². The lowest BCUT2D eigenvalue weighted by Crippen LogP contribution is -2.31. The zero-order chi connectivity index (χ0) is 23.3. The fourth-order valence-electron chi connectivity index (χ4n) is 3.18. The van der Waals surface area contributed by atoms with Gasteiger partial charge in [-0.05, 0) is 52.2 Å². The number of nitro groups is 1. The van der Waals surface area contributed by atoms with Crippen LogP contribution in [0.2, 0.25) is 5.15 Å². The number of amides is 1. The number of carbonyl (C=O) groups excluding carboxylic acids is 1. The summed E-state index contributed by atoms with van der Waals surface area (Å²) in [5, 5.41) is 20.9. The number of nitriles is 1. The van der Waals surface area contributed by atoms with E-state index in [2.05, 4.69) is 27.0 Å². The van der Waals surface area contributed by atoms with Crippen LogP contribution in [0.25, 0.3) is 5.69 Å². The molecule has 0 atom stereocenters. The molecule has 0 aliphatic heterocycles. The predicted octanol–water partition coefficient (Wildman–Crippen LogP) is 5.79. The second-order valence-electron chi connectivity index (χ2n) is 7.01. The first-order chi connectivity index (χ1) is 15.3. The average Bonchev–Trinajstić information content (AvgIpc) is 3.16. The van der Waals surface area contributed by atoms with Crippen molar-refractivity contribution in [1.29, 1.82) is 5.26 Å². The van der Waals surface area contributed by atoms with Crippen LogP contribution in [0.1, 0.15) is 37.4 Å². The van der Waals surface area contributed by atoms with Crippen LogP contribution >= 0.6 is 27.5 Å². The Hall–Kier alpha value is -3.22. The maximum atomic E-state index is 12.9. The molecule has 0 aliphatic rings. The van der Waals surface area contributed by atoms with Crippen molar-refractivity contribution in [3.63, 3.8) is 0 Å². The van der Waals surface area contributed by atoms with E-state index < -0.39 is 4.92 Å². The molecule has 0 radical (unpaired) electrons. The molecule has 0 fully saturated rings. The van der Waals surface area contributed by atoms with Crippen molar-refractivity contribution >= 4 is 44.9 Å². The van der Waals surface area contributed by atoms with E-state index in [1.165, 1.54) is 17.0 Å². The molecular formula is C22H19BrClN5O3. The van der Waals surface area contributed by atoms with Crippen LogP contribution in [0, 0.1) is 21.4 Å². The first kappa shape index (κ1) is 23.4. The Bertz CT molecular complexity index is 1190. The number of halogens is 2. The monoisotopic (exact) mass is 515 g/mol. The molecule has 0 saturated carbocycles. The molecule has 1 aromatic carbocycles. The largest absolute Gasteiger partial charge is 0.312 e. The van der Waals surface area contributed by atoms with Gasteiger partial charge in [0.1, 0.15) is 16.9 Å². The van der Waals surface area contributed by atoms with Gasteiger partial charge in [0.2, 0.25) is 11.7 Å². The van der Waals surface area contributed by atoms with Gasteiger partial charge >= 0.3 is 5.69 Å². The number of nitrogens with zero attached hydrogens (tertiary/aromatic N) is 5.